The van der Waals surface area contributed by atoms with E-state index in [2.05, 4.69) is 30.8 Å². The molecule has 0 amide bonds. The number of nitrogens with zero attached hydrogens (tertiary/aromatic N) is 11. The zero-order valence-corrected chi connectivity index (χ0v) is 23.2. The fourth-order valence-electron chi connectivity index (χ4n) is 4.66. The Balaban J connectivity index is 1.44. The smallest absolute Gasteiger partial charge is 0.333 e. The van der Waals surface area contributed by atoms with E-state index in [4.69, 9.17) is 23.2 Å². The molecule has 0 aliphatic rings. The summed E-state index contributed by atoms with van der Waals surface area (Å²) in [6.45, 7) is -2.87. The molecule has 5 heterocycles. The second kappa shape index (κ2) is 11.1. The third-order valence-electron chi connectivity index (χ3n) is 6.61. The fourth-order valence-corrected chi connectivity index (χ4v) is 4.94. The van der Waals surface area contributed by atoms with Crippen LogP contribution in [0.2, 0.25) is 10.2 Å². The Morgan fingerprint density at radius 2 is 1.79 bits per heavy atom. The average molecular weight is 634 g/mol. The molecule has 43 heavy (non-hydrogen) atoms. The predicted octanol–water partition coefficient (Wildman–Crippen LogP) is 4.57. The van der Waals surface area contributed by atoms with Crippen LogP contribution in [0.15, 0.2) is 61.3 Å². The third kappa shape index (κ3) is 5.30. The van der Waals surface area contributed by atoms with Gasteiger partial charge in [-0.1, -0.05) is 38.7 Å². The van der Waals surface area contributed by atoms with Crippen LogP contribution in [0.5, 0.6) is 0 Å². The summed E-state index contributed by atoms with van der Waals surface area (Å²) >= 11 is 12.0. The molecule has 6 aromatic rings. The minimum absolute atomic E-state index is 0.0435. The number of benzene rings is 1. The summed E-state index contributed by atoms with van der Waals surface area (Å²) in [7, 11) is 1.50. The molecule has 220 valence electrons. The lowest BCUT2D eigenvalue weighted by atomic mass is 10.0. The number of rotatable bonds is 8. The maximum Gasteiger partial charge on any atom is 0.333 e. The summed E-state index contributed by atoms with van der Waals surface area (Å²) in [5.41, 5.74) is 0.996. The van der Waals surface area contributed by atoms with E-state index in [1.165, 1.54) is 70.0 Å². The van der Waals surface area contributed by atoms with Crippen molar-refractivity contribution < 1.29 is 22.3 Å². The number of aromatic nitrogens is 11. The highest BCUT2D eigenvalue weighted by Crippen LogP contribution is 2.34. The van der Waals surface area contributed by atoms with Crippen LogP contribution in [0.4, 0.5) is 17.6 Å². The van der Waals surface area contributed by atoms with Crippen molar-refractivity contribution >= 4 is 23.2 Å². The highest BCUT2D eigenvalue weighted by molar-refractivity contribution is 6.31. The second-order valence-corrected chi connectivity index (χ2v) is 10.1. The first-order valence-electron chi connectivity index (χ1n) is 12.3. The van der Waals surface area contributed by atoms with E-state index >= 15 is 4.39 Å². The number of hydrogen-bond donors (Lipinski definition) is 0. The normalized spacial score (nSPS) is 12.4. The topological polar surface area (TPSA) is 124 Å². The molecule has 0 saturated heterocycles. The maximum absolute atomic E-state index is 15.4. The molecular formula is C25H17Cl2F4N11O. The van der Waals surface area contributed by atoms with Crippen LogP contribution in [0.25, 0.3) is 28.1 Å². The van der Waals surface area contributed by atoms with Gasteiger partial charge in [-0.25, -0.2) is 18.4 Å². The van der Waals surface area contributed by atoms with E-state index in [-0.39, 0.29) is 50.5 Å². The summed E-state index contributed by atoms with van der Waals surface area (Å²) in [6.07, 6.45) is 6.36. The molecule has 1 atom stereocenters. The highest BCUT2D eigenvalue weighted by atomic mass is 35.5. The molecule has 0 bridgehead atoms. The van der Waals surface area contributed by atoms with Gasteiger partial charge in [0.2, 0.25) is 5.69 Å². The van der Waals surface area contributed by atoms with Gasteiger partial charge in [0.05, 0.1) is 39.9 Å². The molecule has 0 spiro atoms. The van der Waals surface area contributed by atoms with Crippen molar-refractivity contribution in [1.82, 2.24) is 49.5 Å². The van der Waals surface area contributed by atoms with Crippen LogP contribution in [-0.2, 0) is 13.5 Å². The van der Waals surface area contributed by atoms with Crippen molar-refractivity contribution in [3.8, 4) is 28.1 Å². The number of halogens is 6. The van der Waals surface area contributed by atoms with Crippen molar-refractivity contribution in [2.75, 3.05) is 0 Å². The van der Waals surface area contributed by atoms with Crippen molar-refractivity contribution in [2.24, 2.45) is 7.05 Å². The van der Waals surface area contributed by atoms with Gasteiger partial charge in [-0.2, -0.15) is 28.1 Å². The van der Waals surface area contributed by atoms with E-state index in [9.17, 15) is 18.4 Å². The van der Waals surface area contributed by atoms with Gasteiger partial charge in [-0.05, 0) is 24.3 Å². The molecule has 0 saturated carbocycles. The predicted molar refractivity (Wildman–Crippen MR) is 143 cm³/mol. The van der Waals surface area contributed by atoms with Gasteiger partial charge in [0.25, 0.3) is 5.95 Å². The number of pyridine rings is 1. The molecule has 12 nitrogen and oxygen atoms in total. The SMILES string of the molecule is Cn1nnc(F)c1-c1cnn([C@H](Cc2ccn(C(F)F)n2)c2ccc(-c3c(-n4cc(Cl)nn4)ccc(Cl)c3F)c[n+]2[O-])c1. The average Bonchev–Trinajstić information content (AvgIpc) is 3.77. The zero-order valence-electron chi connectivity index (χ0n) is 21.7. The summed E-state index contributed by atoms with van der Waals surface area (Å²) in [5.74, 6) is -1.64. The van der Waals surface area contributed by atoms with Gasteiger partial charge in [0.1, 0.15) is 11.7 Å². The maximum atomic E-state index is 15.4. The molecule has 0 aliphatic heterocycles. The molecule has 0 fully saturated rings. The highest BCUT2D eigenvalue weighted by Gasteiger charge is 2.28. The van der Waals surface area contributed by atoms with Crippen molar-refractivity contribution in [1.29, 1.82) is 0 Å². The molecule has 0 radical (unpaired) electrons. The Labute approximate surface area is 248 Å². The van der Waals surface area contributed by atoms with Crippen LogP contribution in [0.3, 0.4) is 0 Å². The second-order valence-electron chi connectivity index (χ2n) is 9.26. The van der Waals surface area contributed by atoms with E-state index in [0.29, 0.717) is 15.0 Å². The van der Waals surface area contributed by atoms with Crippen LogP contribution in [-0.4, -0.2) is 49.5 Å². The van der Waals surface area contributed by atoms with Crippen LogP contribution >= 0.6 is 23.2 Å². The first-order chi connectivity index (χ1) is 20.6. The minimum atomic E-state index is -2.87. The van der Waals surface area contributed by atoms with Crippen molar-refractivity contribution in [2.45, 2.75) is 19.0 Å². The van der Waals surface area contributed by atoms with Gasteiger partial charge in [0, 0.05) is 37.5 Å². The van der Waals surface area contributed by atoms with E-state index in [1.807, 2.05) is 0 Å². The molecule has 0 unspecified atom stereocenters. The zero-order chi connectivity index (χ0) is 30.4. The van der Waals surface area contributed by atoms with Crippen LogP contribution in [0.1, 0.15) is 24.0 Å². The molecule has 0 N–H and O–H groups in total. The summed E-state index contributed by atoms with van der Waals surface area (Å²) in [6, 6.07) is 6.21. The largest absolute Gasteiger partial charge is 0.618 e. The fraction of sp³-hybridized carbons (Fsp3) is 0.160. The monoisotopic (exact) mass is 633 g/mol. The Kier molecular flexibility index (Phi) is 7.31. The van der Waals surface area contributed by atoms with Crippen LogP contribution in [0, 0.1) is 17.0 Å². The molecule has 5 aromatic heterocycles. The standard InChI is InChI=1S/C25H17Cl2F4N11O/c1-38-23(24(29)34-36-38)14-9-32-40(10-14)19(8-15-6-7-39(35-15)25(30)31)17-4-2-13(11-42(17)43)21-18(5-3-16(26)22(21)28)41-12-20(27)33-37-41/h2-7,9-12,19,25H,8H2,1H3/t19-/m1/s1. The molecule has 0 aliphatic carbocycles. The van der Waals surface area contributed by atoms with E-state index in [0.717, 1.165) is 12.4 Å². The van der Waals surface area contributed by atoms with E-state index < -0.39 is 24.4 Å². The lowest BCUT2D eigenvalue weighted by Gasteiger charge is -2.18. The summed E-state index contributed by atoms with van der Waals surface area (Å²) < 4.78 is 60.9. The first kappa shape index (κ1) is 28.3. The van der Waals surface area contributed by atoms with E-state index in [1.54, 1.807) is 0 Å². The van der Waals surface area contributed by atoms with Crippen LogP contribution < -0.4 is 4.73 Å². The summed E-state index contributed by atoms with van der Waals surface area (Å²) in [5, 5.41) is 36.3. The van der Waals surface area contributed by atoms with Gasteiger partial charge in [-0.15, -0.1) is 5.10 Å². The third-order valence-corrected chi connectivity index (χ3v) is 7.07. The van der Waals surface area contributed by atoms with Gasteiger partial charge in [-0.3, -0.25) is 4.68 Å². The first-order valence-corrected chi connectivity index (χ1v) is 13.1. The molecular weight excluding hydrogens is 617 g/mol. The van der Waals surface area contributed by atoms with Crippen molar-refractivity contribution in [3.05, 3.63) is 99.9 Å². The van der Waals surface area contributed by atoms with Crippen molar-refractivity contribution in [3.63, 3.8) is 0 Å². The molecule has 6 rings (SSSR count). The quantitative estimate of drug-likeness (QED) is 0.137. The summed E-state index contributed by atoms with van der Waals surface area (Å²) in [4.78, 5) is 0. The van der Waals surface area contributed by atoms with Gasteiger partial charge >= 0.3 is 6.55 Å². The lowest BCUT2D eigenvalue weighted by Crippen LogP contribution is -2.36. The Morgan fingerprint density at radius 1 is 0.977 bits per heavy atom. The Morgan fingerprint density at radius 3 is 2.44 bits per heavy atom. The lowest BCUT2D eigenvalue weighted by molar-refractivity contribution is -0.615. The van der Waals surface area contributed by atoms with Gasteiger partial charge in [0.15, 0.2) is 17.2 Å². The molecule has 18 heteroatoms. The Bertz CT molecular complexity index is 1930. The Hall–Kier alpha value is -4.83. The number of alkyl halides is 2. The molecule has 1 aromatic carbocycles. The number of hydrogen-bond acceptors (Lipinski definition) is 7. The number of aryl methyl sites for hydroxylation is 1. The minimum Gasteiger partial charge on any atom is -0.618 e. The van der Waals surface area contributed by atoms with Gasteiger partial charge < -0.3 is 5.21 Å².